The van der Waals surface area contributed by atoms with E-state index >= 15 is 0 Å². The van der Waals surface area contributed by atoms with Gasteiger partial charge in [-0.25, -0.2) is 9.59 Å². The van der Waals surface area contributed by atoms with E-state index in [1.165, 1.54) is 23.8 Å². The number of pyridine rings is 1. The zero-order chi connectivity index (χ0) is 26.0. The van der Waals surface area contributed by atoms with E-state index in [9.17, 15) is 32.7 Å². The minimum atomic E-state index is -4.52. The molecule has 1 fully saturated rings. The van der Waals surface area contributed by atoms with Gasteiger partial charge in [-0.3, -0.25) is 19.3 Å². The molecule has 0 radical (unpaired) electrons. The van der Waals surface area contributed by atoms with Gasteiger partial charge in [-0.15, -0.1) is 0 Å². The predicted octanol–water partition coefficient (Wildman–Crippen LogP) is 2.40. The minimum Gasteiger partial charge on any atom is -0.390 e. The summed E-state index contributed by atoms with van der Waals surface area (Å²) >= 11 is 0. The van der Waals surface area contributed by atoms with E-state index < -0.39 is 47.6 Å². The molecule has 1 saturated heterocycles. The first-order valence-corrected chi connectivity index (χ1v) is 10.9. The Hall–Kier alpha value is -3.97. The number of hydrogen-bond acceptors (Lipinski definition) is 6. The Bertz CT molecular complexity index is 1350. The van der Waals surface area contributed by atoms with Crippen molar-refractivity contribution in [1.82, 2.24) is 19.9 Å². The van der Waals surface area contributed by atoms with E-state index in [1.807, 2.05) is 0 Å². The lowest BCUT2D eigenvalue weighted by Gasteiger charge is -2.17. The highest BCUT2D eigenvalue weighted by Crippen LogP contribution is 2.29. The fraction of sp³-hybridized carbons (Fsp3) is 0.304. The van der Waals surface area contributed by atoms with Gasteiger partial charge in [0.25, 0.3) is 5.56 Å². The van der Waals surface area contributed by atoms with Crippen molar-refractivity contribution in [2.75, 3.05) is 11.9 Å². The van der Waals surface area contributed by atoms with Crippen molar-refractivity contribution >= 4 is 11.7 Å². The molecule has 3 aromatic rings. The molecule has 3 heterocycles. The highest BCUT2D eigenvalue weighted by atomic mass is 19.4. The second-order valence-corrected chi connectivity index (χ2v) is 8.25. The average Bonchev–Trinajstić information content (AvgIpc) is 3.20. The number of benzene rings is 1. The number of ether oxygens (including phenoxy) is 1. The summed E-state index contributed by atoms with van der Waals surface area (Å²) in [6.07, 6.45) is -4.48. The number of urea groups is 1. The Morgan fingerprint density at radius 2 is 1.89 bits per heavy atom. The van der Waals surface area contributed by atoms with Gasteiger partial charge in [0.15, 0.2) is 0 Å². The number of anilines is 1. The molecule has 3 atom stereocenters. The maximum absolute atomic E-state index is 12.7. The molecular formula is C23H22F3N5O5. The number of carbonyl (C=O) groups is 1. The van der Waals surface area contributed by atoms with Crippen molar-refractivity contribution in [3.63, 3.8) is 0 Å². The van der Waals surface area contributed by atoms with Gasteiger partial charge >= 0.3 is 17.9 Å². The minimum absolute atomic E-state index is 0.0457. The van der Waals surface area contributed by atoms with Gasteiger partial charge < -0.3 is 20.5 Å². The van der Waals surface area contributed by atoms with Crippen LogP contribution in [0.15, 0.2) is 58.4 Å². The van der Waals surface area contributed by atoms with E-state index in [-0.39, 0.29) is 13.0 Å². The monoisotopic (exact) mass is 505 g/mol. The second-order valence-electron chi connectivity index (χ2n) is 8.25. The SMILES string of the molecule is Cc1cn([C@@H]2C[C@H](O)[C@@H](CNC(=O)Nc3ccc(-c4ccc(C(F)(F)F)nc4)cc3)O2)c(=O)[nH]c1=O. The van der Waals surface area contributed by atoms with Gasteiger partial charge in [0.1, 0.15) is 18.0 Å². The normalized spacial score (nSPS) is 19.8. The highest BCUT2D eigenvalue weighted by molar-refractivity contribution is 5.89. The molecule has 0 unspecified atom stereocenters. The molecule has 13 heteroatoms. The van der Waals surface area contributed by atoms with Crippen LogP contribution in [0.1, 0.15) is 23.9 Å². The maximum atomic E-state index is 12.7. The first-order chi connectivity index (χ1) is 17.0. The number of aryl methyl sites for hydroxylation is 1. The number of H-pyrrole nitrogens is 1. The summed E-state index contributed by atoms with van der Waals surface area (Å²) in [5.41, 5.74) is -0.310. The summed E-state index contributed by atoms with van der Waals surface area (Å²) in [6.45, 7) is 1.49. The lowest BCUT2D eigenvalue weighted by Crippen LogP contribution is -2.39. The van der Waals surface area contributed by atoms with Crippen molar-refractivity contribution < 1.29 is 27.8 Å². The second kappa shape index (κ2) is 9.95. The standard InChI is InChI=1S/C23H22F3N5O5/c1-12-11-31(22(35)30-20(12)33)19-8-16(32)17(36-19)10-28-21(34)29-15-5-2-13(3-6-15)14-4-7-18(27-9-14)23(24,25)26/h2-7,9,11,16-17,19,32H,8,10H2,1H3,(H2,28,29,34)(H,30,33,35)/t16-,17+,19-/m0/s1. The maximum Gasteiger partial charge on any atom is 0.433 e. The quantitative estimate of drug-likeness (QED) is 0.420. The molecule has 190 valence electrons. The van der Waals surface area contributed by atoms with Crippen LogP contribution in [0.3, 0.4) is 0 Å². The molecule has 1 aromatic carbocycles. The van der Waals surface area contributed by atoms with Crippen LogP contribution in [-0.2, 0) is 10.9 Å². The van der Waals surface area contributed by atoms with Crippen molar-refractivity contribution in [2.45, 2.75) is 38.0 Å². The first-order valence-electron chi connectivity index (χ1n) is 10.9. The molecule has 2 amide bonds. The lowest BCUT2D eigenvalue weighted by atomic mass is 10.1. The highest BCUT2D eigenvalue weighted by Gasteiger charge is 2.36. The summed E-state index contributed by atoms with van der Waals surface area (Å²) in [6, 6.07) is 8.04. The Morgan fingerprint density at radius 1 is 1.19 bits per heavy atom. The number of aromatic nitrogens is 3. The Balaban J connectivity index is 1.31. The predicted molar refractivity (Wildman–Crippen MR) is 122 cm³/mol. The van der Waals surface area contributed by atoms with E-state index in [2.05, 4.69) is 20.6 Å². The van der Waals surface area contributed by atoms with Crippen molar-refractivity contribution in [2.24, 2.45) is 0 Å². The van der Waals surface area contributed by atoms with Gasteiger partial charge in [-0.2, -0.15) is 13.2 Å². The molecule has 36 heavy (non-hydrogen) atoms. The Kier molecular flexibility index (Phi) is 6.95. The van der Waals surface area contributed by atoms with Crippen LogP contribution in [-0.4, -0.2) is 44.4 Å². The number of alkyl halides is 3. The summed E-state index contributed by atoms with van der Waals surface area (Å²) in [5.74, 6) is 0. The van der Waals surface area contributed by atoms with Gasteiger partial charge in [-0.1, -0.05) is 18.2 Å². The molecule has 0 bridgehead atoms. The number of aliphatic hydroxyl groups excluding tert-OH is 1. The molecule has 1 aliphatic rings. The van der Waals surface area contributed by atoms with Crippen LogP contribution in [0.2, 0.25) is 0 Å². The Labute approximate surface area is 201 Å². The fourth-order valence-electron chi connectivity index (χ4n) is 3.72. The number of aliphatic hydroxyl groups is 1. The third-order valence-electron chi connectivity index (χ3n) is 5.65. The van der Waals surface area contributed by atoms with Crippen molar-refractivity contribution in [1.29, 1.82) is 0 Å². The third-order valence-corrected chi connectivity index (χ3v) is 5.65. The smallest absolute Gasteiger partial charge is 0.390 e. The summed E-state index contributed by atoms with van der Waals surface area (Å²) in [7, 11) is 0. The topological polar surface area (TPSA) is 138 Å². The number of hydrogen-bond donors (Lipinski definition) is 4. The van der Waals surface area contributed by atoms with Crippen LogP contribution < -0.4 is 21.9 Å². The van der Waals surface area contributed by atoms with E-state index in [1.54, 1.807) is 24.3 Å². The van der Waals surface area contributed by atoms with Gasteiger partial charge in [-0.05, 0) is 30.7 Å². The number of nitrogens with zero attached hydrogens (tertiary/aromatic N) is 2. The molecule has 0 saturated carbocycles. The zero-order valence-electron chi connectivity index (χ0n) is 18.9. The van der Waals surface area contributed by atoms with E-state index in [0.29, 0.717) is 22.4 Å². The number of halogens is 3. The van der Waals surface area contributed by atoms with Crippen LogP contribution in [0.4, 0.5) is 23.7 Å². The molecule has 4 N–H and O–H groups in total. The summed E-state index contributed by atoms with van der Waals surface area (Å²) < 4.78 is 44.9. The van der Waals surface area contributed by atoms with Gasteiger partial charge in [0, 0.05) is 42.2 Å². The number of amides is 2. The van der Waals surface area contributed by atoms with Gasteiger partial charge in [0.2, 0.25) is 0 Å². The lowest BCUT2D eigenvalue weighted by molar-refractivity contribution is -0.141. The molecular weight excluding hydrogens is 483 g/mol. The van der Waals surface area contributed by atoms with Crippen molar-refractivity contribution in [3.05, 3.63) is 80.9 Å². The molecule has 0 spiro atoms. The summed E-state index contributed by atoms with van der Waals surface area (Å²) in [5, 5.41) is 15.5. The number of nitrogens with one attached hydrogen (secondary N) is 3. The molecule has 10 nitrogen and oxygen atoms in total. The van der Waals surface area contributed by atoms with Crippen LogP contribution in [0.25, 0.3) is 11.1 Å². The largest absolute Gasteiger partial charge is 0.433 e. The third kappa shape index (κ3) is 5.63. The van der Waals surface area contributed by atoms with Gasteiger partial charge in [0.05, 0.1) is 6.10 Å². The molecule has 4 rings (SSSR count). The molecule has 2 aromatic heterocycles. The molecule has 1 aliphatic heterocycles. The zero-order valence-corrected chi connectivity index (χ0v) is 18.9. The molecule has 0 aliphatic carbocycles. The number of aromatic amines is 1. The van der Waals surface area contributed by atoms with Crippen LogP contribution in [0, 0.1) is 6.92 Å². The van der Waals surface area contributed by atoms with Crippen molar-refractivity contribution in [3.8, 4) is 11.1 Å². The number of rotatable bonds is 5. The first kappa shape index (κ1) is 25.1. The van der Waals surface area contributed by atoms with E-state index in [0.717, 1.165) is 12.3 Å². The number of carbonyl (C=O) groups excluding carboxylic acids is 1. The van der Waals surface area contributed by atoms with E-state index in [4.69, 9.17) is 4.74 Å². The fourth-order valence-corrected chi connectivity index (χ4v) is 3.72. The average molecular weight is 505 g/mol. The summed E-state index contributed by atoms with van der Waals surface area (Å²) in [4.78, 5) is 41.5. The van der Waals surface area contributed by atoms with Crippen LogP contribution in [0.5, 0.6) is 0 Å². The van der Waals surface area contributed by atoms with Crippen LogP contribution >= 0.6 is 0 Å². The Morgan fingerprint density at radius 3 is 2.53 bits per heavy atom.